The number of carbonyl (C=O) groups is 1. The number of rotatable bonds is 5. The average Bonchev–Trinajstić information content (AvgIpc) is 3.47. The molecule has 1 amide bonds. The van der Waals surface area contributed by atoms with Crippen molar-refractivity contribution in [2.75, 3.05) is 24.5 Å². The predicted molar refractivity (Wildman–Crippen MR) is 121 cm³/mol. The van der Waals surface area contributed by atoms with Crippen LogP contribution in [0.1, 0.15) is 31.2 Å². The van der Waals surface area contributed by atoms with Gasteiger partial charge in [-0.15, -0.1) is 11.3 Å². The van der Waals surface area contributed by atoms with E-state index in [1.165, 1.54) is 24.2 Å². The van der Waals surface area contributed by atoms with Crippen LogP contribution in [0.2, 0.25) is 0 Å². The number of thiophene rings is 1. The number of nitrogens with zero attached hydrogens (tertiary/aromatic N) is 3. The van der Waals surface area contributed by atoms with Crippen molar-refractivity contribution in [2.45, 2.75) is 32.6 Å². The van der Waals surface area contributed by atoms with E-state index < -0.39 is 0 Å². The van der Waals surface area contributed by atoms with E-state index in [9.17, 15) is 9.59 Å². The van der Waals surface area contributed by atoms with Crippen molar-refractivity contribution in [3.8, 4) is 5.69 Å². The number of fused-ring (bicyclic) bond motifs is 1. The Morgan fingerprint density at radius 2 is 2.00 bits per heavy atom. The zero-order valence-corrected chi connectivity index (χ0v) is 18.0. The minimum absolute atomic E-state index is 0.0471. The zero-order chi connectivity index (χ0) is 20.7. The second-order valence-corrected chi connectivity index (χ2v) is 9.41. The largest absolute Gasteiger partial charge is 0.356 e. The number of nitrogens with one attached hydrogen (secondary N) is 1. The molecule has 1 atom stereocenters. The predicted octanol–water partition coefficient (Wildman–Crippen LogP) is 3.50. The highest BCUT2D eigenvalue weighted by Crippen LogP contribution is 2.29. The van der Waals surface area contributed by atoms with Crippen LogP contribution < -0.4 is 15.8 Å². The van der Waals surface area contributed by atoms with E-state index in [0.717, 1.165) is 42.7 Å². The van der Waals surface area contributed by atoms with E-state index in [-0.39, 0.29) is 17.4 Å². The van der Waals surface area contributed by atoms with Gasteiger partial charge in [-0.1, -0.05) is 17.7 Å². The van der Waals surface area contributed by atoms with Crippen LogP contribution in [-0.2, 0) is 4.79 Å². The summed E-state index contributed by atoms with van der Waals surface area (Å²) in [6, 6.07) is 9.84. The fourth-order valence-electron chi connectivity index (χ4n) is 4.12. The average molecular weight is 423 g/mol. The van der Waals surface area contributed by atoms with Gasteiger partial charge in [-0.05, 0) is 62.1 Å². The molecule has 1 saturated carbocycles. The lowest BCUT2D eigenvalue weighted by Crippen LogP contribution is -2.45. The van der Waals surface area contributed by atoms with E-state index >= 15 is 0 Å². The van der Waals surface area contributed by atoms with Gasteiger partial charge in [-0.2, -0.15) is 0 Å². The van der Waals surface area contributed by atoms with Crippen LogP contribution in [-0.4, -0.2) is 35.1 Å². The van der Waals surface area contributed by atoms with Gasteiger partial charge in [-0.3, -0.25) is 9.59 Å². The molecule has 1 aromatic carbocycles. The maximum atomic E-state index is 13.4. The first-order chi connectivity index (χ1) is 14.6. The van der Waals surface area contributed by atoms with Gasteiger partial charge in [-0.25, -0.2) is 9.55 Å². The van der Waals surface area contributed by atoms with E-state index in [0.29, 0.717) is 23.1 Å². The van der Waals surface area contributed by atoms with Crippen molar-refractivity contribution < 1.29 is 4.79 Å². The first-order valence-corrected chi connectivity index (χ1v) is 11.6. The number of aromatic nitrogens is 2. The Hall–Kier alpha value is -2.67. The number of aryl methyl sites for hydroxylation is 1. The molecule has 3 aromatic rings. The zero-order valence-electron chi connectivity index (χ0n) is 17.1. The molecule has 7 heteroatoms. The molecule has 1 aliphatic heterocycles. The Bertz CT molecular complexity index is 1130. The Labute approximate surface area is 179 Å². The second kappa shape index (κ2) is 7.87. The Morgan fingerprint density at radius 1 is 1.20 bits per heavy atom. The van der Waals surface area contributed by atoms with Crippen LogP contribution in [0.25, 0.3) is 15.9 Å². The molecule has 1 saturated heterocycles. The highest BCUT2D eigenvalue weighted by atomic mass is 32.1. The molecule has 1 N–H and O–H groups in total. The molecule has 0 unspecified atom stereocenters. The summed E-state index contributed by atoms with van der Waals surface area (Å²) >= 11 is 1.42. The summed E-state index contributed by atoms with van der Waals surface area (Å²) in [5.41, 5.74) is 2.63. The van der Waals surface area contributed by atoms with Crippen molar-refractivity contribution in [3.63, 3.8) is 0 Å². The maximum Gasteiger partial charge on any atom is 0.277 e. The van der Waals surface area contributed by atoms with Crippen LogP contribution in [0.4, 0.5) is 5.95 Å². The fourth-order valence-corrected chi connectivity index (χ4v) is 4.88. The Kier molecular flexibility index (Phi) is 5.06. The van der Waals surface area contributed by atoms with Crippen LogP contribution in [0.15, 0.2) is 40.5 Å². The van der Waals surface area contributed by atoms with Crippen molar-refractivity contribution in [2.24, 2.45) is 11.8 Å². The van der Waals surface area contributed by atoms with Gasteiger partial charge in [0.25, 0.3) is 5.56 Å². The van der Waals surface area contributed by atoms with Crippen molar-refractivity contribution in [3.05, 3.63) is 51.6 Å². The summed E-state index contributed by atoms with van der Waals surface area (Å²) in [6.45, 7) is 4.21. The number of piperidine rings is 1. The summed E-state index contributed by atoms with van der Waals surface area (Å²) in [6.07, 6.45) is 4.24. The third-order valence-corrected chi connectivity index (χ3v) is 6.98. The topological polar surface area (TPSA) is 67.2 Å². The molecule has 2 aliphatic rings. The third kappa shape index (κ3) is 3.74. The molecule has 6 nitrogen and oxygen atoms in total. The molecular formula is C23H26N4O2S. The minimum atomic E-state index is -0.0703. The van der Waals surface area contributed by atoms with Crippen LogP contribution in [0.3, 0.4) is 0 Å². The minimum Gasteiger partial charge on any atom is -0.356 e. The van der Waals surface area contributed by atoms with Gasteiger partial charge < -0.3 is 10.2 Å². The SMILES string of the molecule is Cc1ccc(-n2c(N3CCC[C@H](C(=O)NCC4CC4)C3)nc3ccsc3c2=O)cc1. The summed E-state index contributed by atoms with van der Waals surface area (Å²) in [5, 5.41) is 5.03. The van der Waals surface area contributed by atoms with Crippen molar-refractivity contribution in [1.82, 2.24) is 14.9 Å². The third-order valence-electron chi connectivity index (χ3n) is 6.09. The molecule has 156 valence electrons. The van der Waals surface area contributed by atoms with Gasteiger partial charge in [0.2, 0.25) is 11.9 Å². The summed E-state index contributed by atoms with van der Waals surface area (Å²) in [4.78, 5) is 33.1. The van der Waals surface area contributed by atoms with E-state index in [1.54, 1.807) is 4.57 Å². The van der Waals surface area contributed by atoms with Gasteiger partial charge in [0.15, 0.2) is 0 Å². The standard InChI is InChI=1S/C23H26N4O2S/c1-15-4-8-18(9-5-15)27-22(29)20-19(10-12-30-20)25-23(27)26-11-2-3-17(14-26)21(28)24-13-16-6-7-16/h4-5,8-10,12,16-17H,2-3,6-7,11,13-14H2,1H3,(H,24,28)/t17-/m0/s1. The van der Waals surface area contributed by atoms with Gasteiger partial charge >= 0.3 is 0 Å². The fraction of sp³-hybridized carbons (Fsp3) is 0.435. The second-order valence-electron chi connectivity index (χ2n) is 8.50. The number of hydrogen-bond acceptors (Lipinski definition) is 5. The monoisotopic (exact) mass is 422 g/mol. The van der Waals surface area contributed by atoms with Crippen molar-refractivity contribution >= 4 is 33.4 Å². The summed E-state index contributed by atoms with van der Waals surface area (Å²) in [5.74, 6) is 1.36. The molecule has 0 radical (unpaired) electrons. The van der Waals surface area contributed by atoms with Crippen LogP contribution in [0.5, 0.6) is 0 Å². The highest BCUT2D eigenvalue weighted by molar-refractivity contribution is 7.17. The number of carbonyl (C=O) groups excluding carboxylic acids is 1. The number of amides is 1. The molecule has 2 fully saturated rings. The summed E-state index contributed by atoms with van der Waals surface area (Å²) in [7, 11) is 0. The van der Waals surface area contributed by atoms with Gasteiger partial charge in [0.1, 0.15) is 4.70 Å². The maximum absolute atomic E-state index is 13.4. The molecule has 3 heterocycles. The Morgan fingerprint density at radius 3 is 2.77 bits per heavy atom. The van der Waals surface area contributed by atoms with Crippen molar-refractivity contribution in [1.29, 1.82) is 0 Å². The molecule has 30 heavy (non-hydrogen) atoms. The first kappa shape index (κ1) is 19.3. The molecule has 5 rings (SSSR count). The first-order valence-electron chi connectivity index (χ1n) is 10.7. The van der Waals surface area contributed by atoms with Gasteiger partial charge in [0, 0.05) is 19.6 Å². The highest BCUT2D eigenvalue weighted by Gasteiger charge is 2.30. The lowest BCUT2D eigenvalue weighted by molar-refractivity contribution is -0.125. The van der Waals surface area contributed by atoms with Crippen LogP contribution >= 0.6 is 11.3 Å². The van der Waals surface area contributed by atoms with Crippen LogP contribution in [0, 0.1) is 18.8 Å². The van der Waals surface area contributed by atoms with E-state index in [4.69, 9.17) is 4.98 Å². The number of hydrogen-bond donors (Lipinski definition) is 1. The molecule has 0 bridgehead atoms. The molecule has 2 aromatic heterocycles. The smallest absolute Gasteiger partial charge is 0.277 e. The number of benzene rings is 1. The van der Waals surface area contributed by atoms with E-state index in [2.05, 4.69) is 10.2 Å². The quantitative estimate of drug-likeness (QED) is 0.683. The molecule has 0 spiro atoms. The van der Waals surface area contributed by atoms with Gasteiger partial charge in [0.05, 0.1) is 17.1 Å². The normalized spacial score (nSPS) is 19.2. The lowest BCUT2D eigenvalue weighted by atomic mass is 9.97. The number of anilines is 1. The lowest BCUT2D eigenvalue weighted by Gasteiger charge is -2.34. The summed E-state index contributed by atoms with van der Waals surface area (Å²) < 4.78 is 2.37. The molecule has 1 aliphatic carbocycles. The van der Waals surface area contributed by atoms with E-state index in [1.807, 2.05) is 42.6 Å². The Balaban J connectivity index is 1.50. The molecular weight excluding hydrogens is 396 g/mol.